The maximum Gasteiger partial charge on any atom is 0.146 e. The topological polar surface area (TPSA) is 29.3 Å². The van der Waals surface area contributed by atoms with Crippen LogP contribution >= 0.6 is 0 Å². The predicted octanol–water partition coefficient (Wildman–Crippen LogP) is 3.08. The van der Waals surface area contributed by atoms with Crippen molar-refractivity contribution >= 4 is 5.69 Å². The SMILES string of the molecule is CCN(c1ccc([C@H](C)N)cc1F)C(C)C. The van der Waals surface area contributed by atoms with Crippen LogP contribution in [0.2, 0.25) is 0 Å². The van der Waals surface area contributed by atoms with Crippen molar-refractivity contribution in [2.24, 2.45) is 5.73 Å². The summed E-state index contributed by atoms with van der Waals surface area (Å²) in [6.07, 6.45) is 0. The minimum Gasteiger partial charge on any atom is -0.367 e. The lowest BCUT2D eigenvalue weighted by Crippen LogP contribution is -2.31. The molecule has 0 aliphatic heterocycles. The Kier molecular flexibility index (Phi) is 4.30. The third-order valence-corrected chi connectivity index (χ3v) is 2.77. The molecule has 0 heterocycles. The van der Waals surface area contributed by atoms with Crippen LogP contribution in [0.5, 0.6) is 0 Å². The highest BCUT2D eigenvalue weighted by molar-refractivity contribution is 5.50. The van der Waals surface area contributed by atoms with E-state index in [-0.39, 0.29) is 11.9 Å². The highest BCUT2D eigenvalue weighted by Gasteiger charge is 2.14. The minimum absolute atomic E-state index is 0.127. The van der Waals surface area contributed by atoms with Gasteiger partial charge in [0.2, 0.25) is 0 Å². The molecule has 0 radical (unpaired) electrons. The third-order valence-electron chi connectivity index (χ3n) is 2.77. The summed E-state index contributed by atoms with van der Waals surface area (Å²) >= 11 is 0. The summed E-state index contributed by atoms with van der Waals surface area (Å²) < 4.78 is 13.9. The van der Waals surface area contributed by atoms with Crippen LogP contribution in [0.15, 0.2) is 18.2 Å². The highest BCUT2D eigenvalue weighted by atomic mass is 19.1. The molecule has 1 rings (SSSR count). The molecule has 16 heavy (non-hydrogen) atoms. The first-order chi connectivity index (χ1) is 7.47. The molecule has 0 bridgehead atoms. The summed E-state index contributed by atoms with van der Waals surface area (Å²) in [5, 5.41) is 0. The van der Waals surface area contributed by atoms with Crippen molar-refractivity contribution in [2.45, 2.75) is 39.8 Å². The van der Waals surface area contributed by atoms with Crippen LogP contribution < -0.4 is 10.6 Å². The van der Waals surface area contributed by atoms with Gasteiger partial charge in [0.15, 0.2) is 0 Å². The lowest BCUT2D eigenvalue weighted by Gasteiger charge is -2.28. The highest BCUT2D eigenvalue weighted by Crippen LogP contribution is 2.24. The fourth-order valence-corrected chi connectivity index (χ4v) is 1.85. The van der Waals surface area contributed by atoms with Gasteiger partial charge in [0.25, 0.3) is 0 Å². The molecule has 2 nitrogen and oxygen atoms in total. The van der Waals surface area contributed by atoms with Crippen LogP contribution in [0, 0.1) is 5.82 Å². The molecule has 3 heteroatoms. The number of nitrogens with zero attached hydrogens (tertiary/aromatic N) is 1. The Hall–Kier alpha value is -1.09. The molecule has 0 spiro atoms. The maximum atomic E-state index is 13.9. The summed E-state index contributed by atoms with van der Waals surface area (Å²) in [5.41, 5.74) is 7.21. The zero-order chi connectivity index (χ0) is 12.3. The number of hydrogen-bond donors (Lipinski definition) is 1. The third kappa shape index (κ3) is 2.73. The van der Waals surface area contributed by atoms with Gasteiger partial charge >= 0.3 is 0 Å². The Morgan fingerprint density at radius 1 is 1.31 bits per heavy atom. The average molecular weight is 224 g/mol. The Bertz CT molecular complexity index is 348. The van der Waals surface area contributed by atoms with Gasteiger partial charge in [-0.05, 0) is 45.4 Å². The second-order valence-corrected chi connectivity index (χ2v) is 4.38. The van der Waals surface area contributed by atoms with E-state index in [2.05, 4.69) is 13.8 Å². The van der Waals surface area contributed by atoms with Crippen LogP contribution in [0.4, 0.5) is 10.1 Å². The molecule has 0 fully saturated rings. The number of halogens is 1. The van der Waals surface area contributed by atoms with Gasteiger partial charge in [-0.3, -0.25) is 0 Å². The van der Waals surface area contributed by atoms with E-state index in [0.717, 1.165) is 12.1 Å². The number of nitrogens with two attached hydrogens (primary N) is 1. The smallest absolute Gasteiger partial charge is 0.146 e. The van der Waals surface area contributed by atoms with E-state index in [0.29, 0.717) is 11.7 Å². The number of anilines is 1. The minimum atomic E-state index is -0.189. The van der Waals surface area contributed by atoms with E-state index in [4.69, 9.17) is 5.73 Å². The van der Waals surface area contributed by atoms with Gasteiger partial charge in [0.05, 0.1) is 5.69 Å². The van der Waals surface area contributed by atoms with E-state index in [1.807, 2.05) is 30.9 Å². The van der Waals surface area contributed by atoms with Gasteiger partial charge in [-0.1, -0.05) is 6.07 Å². The summed E-state index contributed by atoms with van der Waals surface area (Å²) in [4.78, 5) is 2.03. The second kappa shape index (κ2) is 5.30. The molecular weight excluding hydrogens is 203 g/mol. The molecule has 1 atom stereocenters. The van der Waals surface area contributed by atoms with E-state index in [9.17, 15) is 4.39 Å². The van der Waals surface area contributed by atoms with Crippen molar-refractivity contribution in [1.82, 2.24) is 0 Å². The molecule has 90 valence electrons. The largest absolute Gasteiger partial charge is 0.367 e. The molecule has 2 N–H and O–H groups in total. The van der Waals surface area contributed by atoms with Crippen molar-refractivity contribution in [3.05, 3.63) is 29.6 Å². The molecule has 0 amide bonds. The van der Waals surface area contributed by atoms with E-state index >= 15 is 0 Å². The van der Waals surface area contributed by atoms with Gasteiger partial charge in [0.1, 0.15) is 5.82 Å². The van der Waals surface area contributed by atoms with Crippen LogP contribution in [0.1, 0.15) is 39.3 Å². The summed E-state index contributed by atoms with van der Waals surface area (Å²) in [6, 6.07) is 5.41. The van der Waals surface area contributed by atoms with Crippen LogP contribution in [0.3, 0.4) is 0 Å². The van der Waals surface area contributed by atoms with Crippen molar-refractivity contribution in [3.63, 3.8) is 0 Å². The normalized spacial score (nSPS) is 12.9. The quantitative estimate of drug-likeness (QED) is 0.851. The predicted molar refractivity (Wildman–Crippen MR) is 67.2 cm³/mol. The van der Waals surface area contributed by atoms with Crippen LogP contribution in [-0.2, 0) is 0 Å². The van der Waals surface area contributed by atoms with Crippen molar-refractivity contribution < 1.29 is 4.39 Å². The lowest BCUT2D eigenvalue weighted by molar-refractivity contribution is 0.600. The average Bonchev–Trinajstić information content (AvgIpc) is 2.20. The summed E-state index contributed by atoms with van der Waals surface area (Å²) in [5.74, 6) is -0.189. The second-order valence-electron chi connectivity index (χ2n) is 4.38. The first kappa shape index (κ1) is 13.0. The monoisotopic (exact) mass is 224 g/mol. The standard InChI is InChI=1S/C13H21FN2/c1-5-16(9(2)3)13-7-6-11(10(4)15)8-12(13)14/h6-10H,5,15H2,1-4H3/t10-/m0/s1. The number of hydrogen-bond acceptors (Lipinski definition) is 2. The fourth-order valence-electron chi connectivity index (χ4n) is 1.85. The Morgan fingerprint density at radius 3 is 2.31 bits per heavy atom. The summed E-state index contributed by atoms with van der Waals surface area (Å²) in [6.45, 7) is 8.80. The maximum absolute atomic E-state index is 13.9. The van der Waals surface area contributed by atoms with Gasteiger partial charge in [0, 0.05) is 18.6 Å². The van der Waals surface area contributed by atoms with Gasteiger partial charge in [-0.25, -0.2) is 4.39 Å². The van der Waals surface area contributed by atoms with Crippen molar-refractivity contribution in [1.29, 1.82) is 0 Å². The molecule has 0 aliphatic carbocycles. The van der Waals surface area contributed by atoms with Crippen molar-refractivity contribution in [3.8, 4) is 0 Å². The molecule has 1 aromatic carbocycles. The van der Waals surface area contributed by atoms with Gasteiger partial charge in [-0.2, -0.15) is 0 Å². The Labute approximate surface area is 97.3 Å². The Balaban J connectivity index is 3.06. The molecule has 0 aromatic heterocycles. The fraction of sp³-hybridized carbons (Fsp3) is 0.538. The van der Waals surface area contributed by atoms with E-state index in [1.54, 1.807) is 0 Å². The lowest BCUT2D eigenvalue weighted by atomic mass is 10.1. The first-order valence-electron chi connectivity index (χ1n) is 5.79. The molecule has 0 saturated heterocycles. The van der Waals surface area contributed by atoms with Gasteiger partial charge in [-0.15, -0.1) is 0 Å². The number of rotatable bonds is 4. The molecule has 1 aromatic rings. The molecule has 0 saturated carbocycles. The van der Waals surface area contributed by atoms with Crippen molar-refractivity contribution in [2.75, 3.05) is 11.4 Å². The molecular formula is C13H21FN2. The molecule has 0 unspecified atom stereocenters. The van der Waals surface area contributed by atoms with Crippen LogP contribution in [-0.4, -0.2) is 12.6 Å². The number of benzene rings is 1. The Morgan fingerprint density at radius 2 is 1.94 bits per heavy atom. The molecule has 0 aliphatic rings. The van der Waals surface area contributed by atoms with Gasteiger partial charge < -0.3 is 10.6 Å². The zero-order valence-corrected chi connectivity index (χ0v) is 10.5. The first-order valence-corrected chi connectivity index (χ1v) is 5.79. The van der Waals surface area contributed by atoms with E-state index in [1.165, 1.54) is 6.07 Å². The zero-order valence-electron chi connectivity index (χ0n) is 10.5. The van der Waals surface area contributed by atoms with E-state index < -0.39 is 0 Å². The van der Waals surface area contributed by atoms with Crippen LogP contribution in [0.25, 0.3) is 0 Å². The summed E-state index contributed by atoms with van der Waals surface area (Å²) in [7, 11) is 0.